The molecule has 0 fully saturated rings. The Labute approximate surface area is 125 Å². The van der Waals surface area contributed by atoms with Crippen molar-refractivity contribution in [2.24, 2.45) is 0 Å². The van der Waals surface area contributed by atoms with E-state index in [1.807, 2.05) is 0 Å². The monoisotopic (exact) mass is 336 g/mol. The van der Waals surface area contributed by atoms with Crippen molar-refractivity contribution < 1.29 is 9.18 Å². The summed E-state index contributed by atoms with van der Waals surface area (Å²) in [5, 5.41) is 2.98. The Bertz CT molecular complexity index is 628. The molecule has 0 unspecified atom stereocenters. The van der Waals surface area contributed by atoms with E-state index in [1.54, 1.807) is 50.5 Å². The van der Waals surface area contributed by atoms with Crippen LogP contribution in [-0.2, 0) is 0 Å². The third kappa shape index (κ3) is 2.99. The Morgan fingerprint density at radius 3 is 2.45 bits per heavy atom. The van der Waals surface area contributed by atoms with E-state index in [-0.39, 0.29) is 11.6 Å². The molecule has 5 heteroatoms. The second-order valence-electron chi connectivity index (χ2n) is 4.29. The van der Waals surface area contributed by atoms with Gasteiger partial charge in [-0.3, -0.25) is 4.79 Å². The molecule has 0 spiro atoms. The van der Waals surface area contributed by atoms with Gasteiger partial charge in [-0.1, -0.05) is 15.9 Å². The van der Waals surface area contributed by atoms with Crippen molar-refractivity contribution in [2.75, 3.05) is 24.3 Å². The molecule has 2 aromatic carbocycles. The zero-order chi connectivity index (χ0) is 14.7. The summed E-state index contributed by atoms with van der Waals surface area (Å²) in [6, 6.07) is 11.5. The molecule has 2 aromatic rings. The number of amides is 1. The summed E-state index contributed by atoms with van der Waals surface area (Å²) in [6.07, 6.45) is 0. The highest BCUT2D eigenvalue weighted by Crippen LogP contribution is 2.24. The summed E-state index contributed by atoms with van der Waals surface area (Å²) in [6.45, 7) is 0. The van der Waals surface area contributed by atoms with Gasteiger partial charge in [-0.25, -0.2) is 4.39 Å². The zero-order valence-electron chi connectivity index (χ0n) is 11.2. The third-order valence-corrected chi connectivity index (χ3v) is 3.49. The average Bonchev–Trinajstić information content (AvgIpc) is 2.48. The normalized spacial score (nSPS) is 10.2. The fourth-order valence-electron chi connectivity index (χ4n) is 1.83. The van der Waals surface area contributed by atoms with E-state index in [4.69, 9.17) is 0 Å². The molecule has 1 N–H and O–H groups in total. The first-order chi connectivity index (χ1) is 9.52. The van der Waals surface area contributed by atoms with Crippen molar-refractivity contribution in [1.29, 1.82) is 0 Å². The lowest BCUT2D eigenvalue weighted by Gasteiger charge is -2.18. The van der Waals surface area contributed by atoms with Crippen molar-refractivity contribution in [3.63, 3.8) is 0 Å². The van der Waals surface area contributed by atoms with Gasteiger partial charge in [-0.05, 0) is 42.5 Å². The van der Waals surface area contributed by atoms with Gasteiger partial charge in [0.05, 0.1) is 5.69 Å². The van der Waals surface area contributed by atoms with Gasteiger partial charge in [0, 0.05) is 29.8 Å². The highest BCUT2D eigenvalue weighted by molar-refractivity contribution is 9.10. The smallest absolute Gasteiger partial charge is 0.258 e. The van der Waals surface area contributed by atoms with Crippen LogP contribution in [-0.4, -0.2) is 20.0 Å². The number of anilines is 2. The fraction of sp³-hybridized carbons (Fsp3) is 0.133. The lowest BCUT2D eigenvalue weighted by Crippen LogP contribution is -2.27. The number of hydrogen-bond donors (Lipinski definition) is 1. The molecule has 3 nitrogen and oxygen atoms in total. The maximum atomic E-state index is 13.8. The van der Waals surface area contributed by atoms with Crippen LogP contribution in [0.2, 0.25) is 0 Å². The lowest BCUT2D eigenvalue weighted by atomic mass is 10.1. The first-order valence-corrected chi connectivity index (χ1v) is 6.83. The van der Waals surface area contributed by atoms with Crippen molar-refractivity contribution in [3.8, 4) is 0 Å². The molecule has 1 amide bonds. The highest BCUT2D eigenvalue weighted by Gasteiger charge is 2.16. The van der Waals surface area contributed by atoms with Crippen molar-refractivity contribution in [2.45, 2.75) is 0 Å². The number of nitrogens with zero attached hydrogens (tertiary/aromatic N) is 1. The van der Waals surface area contributed by atoms with E-state index in [0.29, 0.717) is 5.56 Å². The van der Waals surface area contributed by atoms with Gasteiger partial charge < -0.3 is 10.2 Å². The van der Waals surface area contributed by atoms with E-state index in [1.165, 1.54) is 11.0 Å². The number of benzene rings is 2. The molecule has 0 heterocycles. The van der Waals surface area contributed by atoms with Crippen LogP contribution in [0.1, 0.15) is 10.4 Å². The predicted molar refractivity (Wildman–Crippen MR) is 82.8 cm³/mol. The number of carbonyl (C=O) groups is 1. The van der Waals surface area contributed by atoms with Crippen LogP contribution in [0.4, 0.5) is 15.8 Å². The van der Waals surface area contributed by atoms with Gasteiger partial charge in [0.15, 0.2) is 0 Å². The SMILES string of the molecule is CNc1ccc(C(=O)N(C)c2cc(Br)ccc2F)cc1. The molecule has 104 valence electrons. The molecule has 0 aliphatic heterocycles. The predicted octanol–water partition coefficient (Wildman–Crippen LogP) is 3.91. The number of carbonyl (C=O) groups excluding carboxylic acids is 1. The highest BCUT2D eigenvalue weighted by atomic mass is 79.9. The molecule has 0 radical (unpaired) electrons. The molecular formula is C15H14BrFN2O. The van der Waals surface area contributed by atoms with Crippen LogP contribution in [0, 0.1) is 5.82 Å². The number of nitrogens with one attached hydrogen (secondary N) is 1. The number of hydrogen-bond acceptors (Lipinski definition) is 2. The standard InChI is InChI=1S/C15H14BrFN2O/c1-18-12-6-3-10(4-7-12)15(20)19(2)14-9-11(16)5-8-13(14)17/h3-9,18H,1-2H3. The van der Waals surface area contributed by atoms with Crippen LogP contribution in [0.15, 0.2) is 46.9 Å². The molecular weight excluding hydrogens is 323 g/mol. The summed E-state index contributed by atoms with van der Waals surface area (Å²) in [5.41, 5.74) is 1.66. The molecule has 0 saturated carbocycles. The van der Waals surface area contributed by atoms with Crippen LogP contribution in [0.5, 0.6) is 0 Å². The molecule has 0 atom stereocenters. The maximum Gasteiger partial charge on any atom is 0.258 e. The second kappa shape index (κ2) is 6.05. The van der Waals surface area contributed by atoms with E-state index >= 15 is 0 Å². The van der Waals surface area contributed by atoms with Gasteiger partial charge in [0.1, 0.15) is 5.82 Å². The second-order valence-corrected chi connectivity index (χ2v) is 5.20. The number of rotatable bonds is 3. The quantitative estimate of drug-likeness (QED) is 0.921. The van der Waals surface area contributed by atoms with E-state index in [9.17, 15) is 9.18 Å². The van der Waals surface area contributed by atoms with E-state index in [0.717, 1.165) is 10.2 Å². The van der Waals surface area contributed by atoms with Crippen molar-refractivity contribution in [3.05, 3.63) is 58.3 Å². The van der Waals surface area contributed by atoms with Gasteiger partial charge in [0.2, 0.25) is 0 Å². The van der Waals surface area contributed by atoms with Crippen molar-refractivity contribution >= 4 is 33.2 Å². The minimum atomic E-state index is -0.434. The Balaban J connectivity index is 2.29. The largest absolute Gasteiger partial charge is 0.388 e. The Morgan fingerprint density at radius 2 is 1.85 bits per heavy atom. The fourth-order valence-corrected chi connectivity index (χ4v) is 2.17. The molecule has 0 saturated heterocycles. The number of halogens is 2. The minimum absolute atomic E-state index is 0.238. The summed E-state index contributed by atoms with van der Waals surface area (Å²) >= 11 is 3.28. The van der Waals surface area contributed by atoms with E-state index < -0.39 is 5.82 Å². The molecule has 0 aromatic heterocycles. The molecule has 0 aliphatic rings. The van der Waals surface area contributed by atoms with Crippen LogP contribution in [0.3, 0.4) is 0 Å². The summed E-state index contributed by atoms with van der Waals surface area (Å²) in [7, 11) is 3.36. The van der Waals surface area contributed by atoms with Crippen LogP contribution >= 0.6 is 15.9 Å². The van der Waals surface area contributed by atoms with Gasteiger partial charge in [-0.2, -0.15) is 0 Å². The Hall–Kier alpha value is -1.88. The minimum Gasteiger partial charge on any atom is -0.388 e. The summed E-state index contributed by atoms with van der Waals surface area (Å²) < 4.78 is 14.5. The third-order valence-electron chi connectivity index (χ3n) is 2.99. The Kier molecular flexibility index (Phi) is 4.39. The molecule has 0 aliphatic carbocycles. The van der Waals surface area contributed by atoms with Gasteiger partial charge in [-0.15, -0.1) is 0 Å². The van der Waals surface area contributed by atoms with E-state index in [2.05, 4.69) is 21.2 Å². The van der Waals surface area contributed by atoms with Gasteiger partial charge in [0.25, 0.3) is 5.91 Å². The molecule has 0 bridgehead atoms. The van der Waals surface area contributed by atoms with Gasteiger partial charge >= 0.3 is 0 Å². The topological polar surface area (TPSA) is 32.3 Å². The zero-order valence-corrected chi connectivity index (χ0v) is 12.7. The lowest BCUT2D eigenvalue weighted by molar-refractivity contribution is 0.0992. The summed E-state index contributed by atoms with van der Waals surface area (Å²) in [4.78, 5) is 13.6. The first kappa shape index (κ1) is 14.5. The Morgan fingerprint density at radius 1 is 1.20 bits per heavy atom. The first-order valence-electron chi connectivity index (χ1n) is 6.04. The summed E-state index contributed by atoms with van der Waals surface area (Å²) in [5.74, 6) is -0.694. The average molecular weight is 337 g/mol. The molecule has 20 heavy (non-hydrogen) atoms. The maximum absolute atomic E-state index is 13.8. The van der Waals surface area contributed by atoms with Crippen LogP contribution < -0.4 is 10.2 Å². The van der Waals surface area contributed by atoms with Crippen LogP contribution in [0.25, 0.3) is 0 Å². The van der Waals surface area contributed by atoms with Crippen molar-refractivity contribution in [1.82, 2.24) is 0 Å². The molecule has 2 rings (SSSR count).